The minimum Gasteiger partial charge on any atom is -0.380 e. The Bertz CT molecular complexity index is 639. The second kappa shape index (κ2) is 5.60. The van der Waals surface area contributed by atoms with Crippen molar-refractivity contribution in [2.75, 3.05) is 10.2 Å². The number of anilines is 2. The maximum atomic E-state index is 12.7. The number of carbonyl (C=O) groups excluding carboxylic acids is 1. The highest BCUT2D eigenvalue weighted by Crippen LogP contribution is 2.36. The van der Waals surface area contributed by atoms with E-state index in [1.165, 1.54) is 0 Å². The molecule has 0 bridgehead atoms. The average Bonchev–Trinajstić information content (AvgIpc) is 2.62. The van der Waals surface area contributed by atoms with Crippen molar-refractivity contribution in [3.05, 3.63) is 60.2 Å². The highest BCUT2D eigenvalue weighted by atomic mass is 16.2. The molecular formula is C18H20N2O. The van der Waals surface area contributed by atoms with E-state index in [1.807, 2.05) is 54.3 Å². The Balaban J connectivity index is 2.05. The predicted octanol–water partition coefficient (Wildman–Crippen LogP) is 3.98. The zero-order valence-electron chi connectivity index (χ0n) is 12.4. The number of para-hydroxylation sites is 2. The first kappa shape index (κ1) is 13.7. The van der Waals surface area contributed by atoms with Crippen LogP contribution in [0.15, 0.2) is 54.6 Å². The van der Waals surface area contributed by atoms with Crippen molar-refractivity contribution in [3.63, 3.8) is 0 Å². The second-order valence-corrected chi connectivity index (χ2v) is 5.62. The van der Waals surface area contributed by atoms with Crippen molar-refractivity contribution in [1.82, 2.24) is 0 Å². The lowest BCUT2D eigenvalue weighted by Crippen LogP contribution is -2.34. The van der Waals surface area contributed by atoms with Crippen LogP contribution in [-0.4, -0.2) is 11.9 Å². The normalized spacial score (nSPS) is 19.4. The zero-order chi connectivity index (χ0) is 14.8. The van der Waals surface area contributed by atoms with Gasteiger partial charge in [-0.3, -0.25) is 4.79 Å². The molecular weight excluding hydrogens is 260 g/mol. The van der Waals surface area contributed by atoms with Gasteiger partial charge in [-0.2, -0.15) is 0 Å². The summed E-state index contributed by atoms with van der Waals surface area (Å²) in [5.74, 6) is 0.163. The topological polar surface area (TPSA) is 32.3 Å². The van der Waals surface area contributed by atoms with E-state index in [2.05, 4.69) is 24.4 Å². The standard InChI is InChI=1S/C18H20N2O/c1-13-12-18(21)20(14(2)15-8-4-3-5-9-15)17-11-7-6-10-16(17)19-13/h3-11,13-14,19H,12H2,1-2H3. The first-order valence-electron chi connectivity index (χ1n) is 7.39. The van der Waals surface area contributed by atoms with Gasteiger partial charge in [-0.25, -0.2) is 0 Å². The molecule has 0 saturated carbocycles. The largest absolute Gasteiger partial charge is 0.380 e. The molecule has 1 heterocycles. The number of benzene rings is 2. The first-order valence-corrected chi connectivity index (χ1v) is 7.39. The number of nitrogens with zero attached hydrogens (tertiary/aromatic N) is 1. The molecule has 1 N–H and O–H groups in total. The summed E-state index contributed by atoms with van der Waals surface area (Å²) < 4.78 is 0. The molecule has 21 heavy (non-hydrogen) atoms. The summed E-state index contributed by atoms with van der Waals surface area (Å²) in [5.41, 5.74) is 3.14. The Hall–Kier alpha value is -2.29. The fourth-order valence-electron chi connectivity index (χ4n) is 2.92. The Kier molecular flexibility index (Phi) is 3.65. The number of hydrogen-bond donors (Lipinski definition) is 1. The molecule has 0 aliphatic carbocycles. The van der Waals surface area contributed by atoms with Crippen molar-refractivity contribution in [2.24, 2.45) is 0 Å². The van der Waals surface area contributed by atoms with Gasteiger partial charge in [-0.05, 0) is 31.5 Å². The van der Waals surface area contributed by atoms with Crippen LogP contribution in [0.25, 0.3) is 0 Å². The molecule has 2 unspecified atom stereocenters. The molecule has 0 fully saturated rings. The Morgan fingerprint density at radius 2 is 1.76 bits per heavy atom. The molecule has 108 valence electrons. The van der Waals surface area contributed by atoms with Crippen molar-refractivity contribution in [1.29, 1.82) is 0 Å². The van der Waals surface area contributed by atoms with Gasteiger partial charge in [0.25, 0.3) is 0 Å². The van der Waals surface area contributed by atoms with Gasteiger partial charge in [0, 0.05) is 12.5 Å². The number of amides is 1. The van der Waals surface area contributed by atoms with Crippen LogP contribution in [0.3, 0.4) is 0 Å². The van der Waals surface area contributed by atoms with Crippen LogP contribution in [0, 0.1) is 0 Å². The summed E-state index contributed by atoms with van der Waals surface area (Å²) in [6.07, 6.45) is 0.506. The number of nitrogens with one attached hydrogen (secondary N) is 1. The number of fused-ring (bicyclic) bond motifs is 1. The van der Waals surface area contributed by atoms with E-state index in [4.69, 9.17) is 0 Å². The van der Waals surface area contributed by atoms with Crippen molar-refractivity contribution in [2.45, 2.75) is 32.4 Å². The van der Waals surface area contributed by atoms with E-state index >= 15 is 0 Å². The van der Waals surface area contributed by atoms with Gasteiger partial charge in [0.1, 0.15) is 0 Å². The van der Waals surface area contributed by atoms with Crippen LogP contribution in [0.4, 0.5) is 11.4 Å². The molecule has 1 aliphatic heterocycles. The molecule has 0 spiro atoms. The third kappa shape index (κ3) is 2.64. The summed E-state index contributed by atoms with van der Waals surface area (Å²) in [5, 5.41) is 3.43. The van der Waals surface area contributed by atoms with E-state index in [-0.39, 0.29) is 18.0 Å². The maximum Gasteiger partial charge on any atom is 0.229 e. The molecule has 0 aromatic heterocycles. The lowest BCUT2D eigenvalue weighted by molar-refractivity contribution is -0.119. The summed E-state index contributed by atoms with van der Waals surface area (Å²) in [4.78, 5) is 14.6. The third-order valence-electron chi connectivity index (χ3n) is 3.98. The summed E-state index contributed by atoms with van der Waals surface area (Å²) in [6.45, 7) is 4.13. The first-order chi connectivity index (χ1) is 10.2. The van der Waals surface area contributed by atoms with Crippen LogP contribution >= 0.6 is 0 Å². The summed E-state index contributed by atoms with van der Waals surface area (Å²) in [7, 11) is 0. The molecule has 0 radical (unpaired) electrons. The molecule has 3 nitrogen and oxygen atoms in total. The SMILES string of the molecule is CC1CC(=O)N(C(C)c2ccccc2)c2ccccc2N1. The molecule has 0 saturated heterocycles. The monoisotopic (exact) mass is 280 g/mol. The average molecular weight is 280 g/mol. The fraction of sp³-hybridized carbons (Fsp3) is 0.278. The van der Waals surface area contributed by atoms with Gasteiger partial charge in [0.05, 0.1) is 17.4 Å². The van der Waals surface area contributed by atoms with Gasteiger partial charge >= 0.3 is 0 Å². The summed E-state index contributed by atoms with van der Waals surface area (Å²) >= 11 is 0. The lowest BCUT2D eigenvalue weighted by Gasteiger charge is -2.29. The molecule has 2 aromatic carbocycles. The predicted molar refractivity (Wildman–Crippen MR) is 86.5 cm³/mol. The van der Waals surface area contributed by atoms with Crippen LogP contribution < -0.4 is 10.2 Å². The highest BCUT2D eigenvalue weighted by Gasteiger charge is 2.29. The van der Waals surface area contributed by atoms with E-state index in [0.717, 1.165) is 16.9 Å². The number of carbonyl (C=O) groups is 1. The van der Waals surface area contributed by atoms with Crippen molar-refractivity contribution >= 4 is 17.3 Å². The van der Waals surface area contributed by atoms with Crippen LogP contribution in [0.1, 0.15) is 31.9 Å². The van der Waals surface area contributed by atoms with Crippen molar-refractivity contribution in [3.8, 4) is 0 Å². The van der Waals surface area contributed by atoms with E-state index in [9.17, 15) is 4.79 Å². The van der Waals surface area contributed by atoms with E-state index in [1.54, 1.807) is 0 Å². The van der Waals surface area contributed by atoms with Gasteiger partial charge in [-0.1, -0.05) is 42.5 Å². The van der Waals surface area contributed by atoms with Crippen LogP contribution in [0.2, 0.25) is 0 Å². The highest BCUT2D eigenvalue weighted by molar-refractivity contribution is 5.99. The lowest BCUT2D eigenvalue weighted by atomic mass is 10.1. The molecule has 1 aliphatic rings. The Morgan fingerprint density at radius 1 is 1.10 bits per heavy atom. The van der Waals surface area contributed by atoms with Gasteiger partial charge in [-0.15, -0.1) is 0 Å². The Morgan fingerprint density at radius 3 is 2.52 bits per heavy atom. The smallest absolute Gasteiger partial charge is 0.229 e. The minimum absolute atomic E-state index is 0.0203. The molecule has 2 atom stereocenters. The maximum absolute atomic E-state index is 12.7. The third-order valence-corrected chi connectivity index (χ3v) is 3.98. The van der Waals surface area contributed by atoms with Crippen LogP contribution in [-0.2, 0) is 4.79 Å². The molecule has 1 amide bonds. The van der Waals surface area contributed by atoms with Crippen molar-refractivity contribution < 1.29 is 4.79 Å². The fourth-order valence-corrected chi connectivity index (χ4v) is 2.92. The van der Waals surface area contributed by atoms with Crippen LogP contribution in [0.5, 0.6) is 0 Å². The number of rotatable bonds is 2. The quantitative estimate of drug-likeness (QED) is 0.902. The Labute approximate surface area is 125 Å². The zero-order valence-corrected chi connectivity index (χ0v) is 12.4. The molecule has 2 aromatic rings. The number of hydrogen-bond acceptors (Lipinski definition) is 2. The molecule has 3 heteroatoms. The second-order valence-electron chi connectivity index (χ2n) is 5.62. The van der Waals surface area contributed by atoms with E-state index < -0.39 is 0 Å². The van der Waals surface area contributed by atoms with Gasteiger partial charge < -0.3 is 10.2 Å². The van der Waals surface area contributed by atoms with Gasteiger partial charge in [0.2, 0.25) is 5.91 Å². The van der Waals surface area contributed by atoms with Gasteiger partial charge in [0.15, 0.2) is 0 Å². The summed E-state index contributed by atoms with van der Waals surface area (Å²) in [6, 6.07) is 18.4. The molecule has 3 rings (SSSR count). The minimum atomic E-state index is 0.0203. The van der Waals surface area contributed by atoms with E-state index in [0.29, 0.717) is 6.42 Å².